The second-order valence-corrected chi connectivity index (χ2v) is 15.2. The van der Waals surface area contributed by atoms with Crippen molar-refractivity contribution in [1.29, 1.82) is 0 Å². The maximum absolute atomic E-state index is 12.9. The summed E-state index contributed by atoms with van der Waals surface area (Å²) in [6, 6.07) is 3.36. The van der Waals surface area contributed by atoms with Gasteiger partial charge in [0.25, 0.3) is 0 Å². The number of hydrogen-bond donors (Lipinski definition) is 1. The molecule has 1 aromatic rings. The van der Waals surface area contributed by atoms with Gasteiger partial charge in [0.05, 0.1) is 31.4 Å². The molecule has 1 amide bonds. The number of carbonyl (C=O) groups is 1. The summed E-state index contributed by atoms with van der Waals surface area (Å²) in [4.78, 5) is 18.7. The van der Waals surface area contributed by atoms with Crippen LogP contribution in [-0.4, -0.2) is 61.8 Å². The Morgan fingerprint density at radius 2 is 2.00 bits per heavy atom. The fourth-order valence-corrected chi connectivity index (χ4v) is 3.71. The quantitative estimate of drug-likeness (QED) is 0.556. The van der Waals surface area contributed by atoms with Crippen molar-refractivity contribution in [3.8, 4) is 11.8 Å². The number of aromatic nitrogens is 1. The van der Waals surface area contributed by atoms with E-state index < -0.39 is 20.0 Å². The van der Waals surface area contributed by atoms with E-state index in [1.165, 1.54) is 0 Å². The third-order valence-corrected chi connectivity index (χ3v) is 10.1. The van der Waals surface area contributed by atoms with Gasteiger partial charge in [0.2, 0.25) is 0 Å². The van der Waals surface area contributed by atoms with Crippen LogP contribution in [0.5, 0.6) is 0 Å². The van der Waals surface area contributed by atoms with Gasteiger partial charge in [-0.1, -0.05) is 32.6 Å². The molecule has 0 unspecified atom stereocenters. The van der Waals surface area contributed by atoms with Crippen molar-refractivity contribution < 1.29 is 18.7 Å². The molecule has 1 saturated heterocycles. The largest absolute Gasteiger partial charge is 0.444 e. The summed E-state index contributed by atoms with van der Waals surface area (Å²) in [5, 5.41) is 0.0803. The lowest BCUT2D eigenvalue weighted by molar-refractivity contribution is -0.0615. The maximum atomic E-state index is 12.9. The monoisotopic (exact) mass is 447 g/mol. The van der Waals surface area contributed by atoms with E-state index in [2.05, 4.69) is 50.7 Å². The van der Waals surface area contributed by atoms with E-state index in [1.54, 1.807) is 23.2 Å². The number of nitrogens with two attached hydrogens (primary N) is 1. The summed E-state index contributed by atoms with van der Waals surface area (Å²) in [7, 11) is -1.97. The predicted octanol–water partition coefficient (Wildman–Crippen LogP) is 4.04. The lowest BCUT2D eigenvalue weighted by Gasteiger charge is -2.42. The highest BCUT2D eigenvalue weighted by atomic mass is 28.4. The number of morpholine rings is 1. The first-order valence-corrected chi connectivity index (χ1v) is 13.6. The first-order valence-electron chi connectivity index (χ1n) is 10.7. The summed E-state index contributed by atoms with van der Waals surface area (Å²) in [5.74, 6) is 6.46. The van der Waals surface area contributed by atoms with E-state index in [4.69, 9.17) is 19.6 Å². The molecule has 2 atom stereocenters. The highest BCUT2D eigenvalue weighted by Crippen LogP contribution is 2.36. The van der Waals surface area contributed by atoms with E-state index in [-0.39, 0.29) is 17.2 Å². The van der Waals surface area contributed by atoms with E-state index >= 15 is 0 Å². The standard InChI is InChI=1S/C23H37N3O4Si/c1-22(2,3)30-21(27)26-14-19(12-11-17-10-9-13-25-20(17)24)28-15-18(26)16-29-31(7,8)23(4,5)6/h9-10,13,18-19H,14-16H2,1-8H3,(H2,24,25)/t18-,19+/m0/s1. The molecule has 1 aliphatic heterocycles. The smallest absolute Gasteiger partial charge is 0.410 e. The SMILES string of the molecule is CC(C)(C)OC(=O)N1C[C@@H](C#Cc2cccnc2N)OC[C@H]1CO[Si](C)(C)C(C)(C)C. The maximum Gasteiger partial charge on any atom is 0.410 e. The van der Waals surface area contributed by atoms with Crippen LogP contribution in [0, 0.1) is 11.8 Å². The minimum absolute atomic E-state index is 0.0803. The zero-order valence-corrected chi connectivity index (χ0v) is 21.1. The average Bonchev–Trinajstić information content (AvgIpc) is 2.64. The Bertz CT molecular complexity index is 834. The summed E-state index contributed by atoms with van der Waals surface area (Å²) in [5.41, 5.74) is 5.91. The summed E-state index contributed by atoms with van der Waals surface area (Å²) >= 11 is 0. The summed E-state index contributed by atoms with van der Waals surface area (Å²) < 4.78 is 18.0. The van der Waals surface area contributed by atoms with Crippen LogP contribution in [0.3, 0.4) is 0 Å². The van der Waals surface area contributed by atoms with Crippen LogP contribution in [0.2, 0.25) is 18.1 Å². The molecule has 0 saturated carbocycles. The predicted molar refractivity (Wildman–Crippen MR) is 125 cm³/mol. The van der Waals surface area contributed by atoms with Crippen molar-refractivity contribution in [2.75, 3.05) is 25.5 Å². The Morgan fingerprint density at radius 3 is 2.58 bits per heavy atom. The van der Waals surface area contributed by atoms with Crippen LogP contribution in [0.4, 0.5) is 10.6 Å². The molecule has 0 aliphatic carbocycles. The molecule has 1 aromatic heterocycles. The number of ether oxygens (including phenoxy) is 2. The van der Waals surface area contributed by atoms with Gasteiger partial charge in [-0.2, -0.15) is 0 Å². The van der Waals surface area contributed by atoms with Gasteiger partial charge in [0, 0.05) is 6.20 Å². The molecule has 2 heterocycles. The Labute approximate surface area is 187 Å². The number of pyridine rings is 1. The van der Waals surface area contributed by atoms with Gasteiger partial charge in [-0.15, -0.1) is 0 Å². The molecule has 7 nitrogen and oxygen atoms in total. The third kappa shape index (κ3) is 7.23. The van der Waals surface area contributed by atoms with Crippen LogP contribution in [-0.2, 0) is 13.9 Å². The first kappa shape index (κ1) is 25.2. The zero-order chi connectivity index (χ0) is 23.4. The van der Waals surface area contributed by atoms with Crippen LogP contribution >= 0.6 is 0 Å². The molecule has 0 aromatic carbocycles. The molecule has 0 bridgehead atoms. The van der Waals surface area contributed by atoms with Crippen molar-refractivity contribution in [2.24, 2.45) is 0 Å². The van der Waals surface area contributed by atoms with Gasteiger partial charge in [-0.25, -0.2) is 9.78 Å². The molecule has 0 radical (unpaired) electrons. The lowest BCUT2D eigenvalue weighted by atomic mass is 10.1. The Hall–Kier alpha value is -2.08. The summed E-state index contributed by atoms with van der Waals surface area (Å²) in [6.07, 6.45) is 0.790. The van der Waals surface area contributed by atoms with Gasteiger partial charge < -0.3 is 19.6 Å². The second-order valence-electron chi connectivity index (χ2n) is 10.4. The number of hydrogen-bond acceptors (Lipinski definition) is 6. The number of nitrogens with zero attached hydrogens (tertiary/aromatic N) is 2. The van der Waals surface area contributed by atoms with Gasteiger partial charge in [-0.05, 0) is 51.0 Å². The fraction of sp³-hybridized carbons (Fsp3) is 0.652. The number of rotatable bonds is 3. The van der Waals surface area contributed by atoms with Gasteiger partial charge in [0.15, 0.2) is 8.32 Å². The number of amides is 1. The van der Waals surface area contributed by atoms with Gasteiger partial charge >= 0.3 is 6.09 Å². The number of anilines is 1. The van der Waals surface area contributed by atoms with Gasteiger partial charge in [0.1, 0.15) is 17.5 Å². The van der Waals surface area contributed by atoms with Gasteiger partial charge in [-0.3, -0.25) is 4.90 Å². The minimum Gasteiger partial charge on any atom is -0.444 e. The van der Waals surface area contributed by atoms with Crippen LogP contribution < -0.4 is 5.73 Å². The second kappa shape index (κ2) is 9.59. The molecule has 0 spiro atoms. The number of nitrogen functional groups attached to an aromatic ring is 1. The highest BCUT2D eigenvalue weighted by Gasteiger charge is 2.40. The van der Waals surface area contributed by atoms with E-state index in [0.29, 0.717) is 31.1 Å². The Balaban J connectivity index is 2.16. The third-order valence-electron chi connectivity index (χ3n) is 5.57. The summed E-state index contributed by atoms with van der Waals surface area (Å²) in [6.45, 7) is 17.6. The van der Waals surface area contributed by atoms with Crippen molar-refractivity contribution in [3.63, 3.8) is 0 Å². The fourth-order valence-electron chi connectivity index (χ4n) is 2.67. The van der Waals surface area contributed by atoms with Crippen molar-refractivity contribution in [2.45, 2.75) is 77.4 Å². The molecule has 8 heteroatoms. The first-order chi connectivity index (χ1) is 14.2. The molecule has 1 aliphatic rings. The van der Waals surface area contributed by atoms with E-state index in [0.717, 1.165) is 0 Å². The average molecular weight is 448 g/mol. The van der Waals surface area contributed by atoms with Crippen molar-refractivity contribution >= 4 is 20.2 Å². The van der Waals surface area contributed by atoms with E-state index in [9.17, 15) is 4.79 Å². The highest BCUT2D eigenvalue weighted by molar-refractivity contribution is 6.74. The van der Waals surface area contributed by atoms with Crippen molar-refractivity contribution in [3.05, 3.63) is 23.9 Å². The topological polar surface area (TPSA) is 86.9 Å². The van der Waals surface area contributed by atoms with Crippen LogP contribution in [0.25, 0.3) is 0 Å². The van der Waals surface area contributed by atoms with E-state index in [1.807, 2.05) is 20.8 Å². The Kier molecular flexibility index (Phi) is 7.79. The molecule has 2 N–H and O–H groups in total. The molecule has 31 heavy (non-hydrogen) atoms. The molecule has 2 rings (SSSR count). The molecular weight excluding hydrogens is 410 g/mol. The van der Waals surface area contributed by atoms with Crippen molar-refractivity contribution in [1.82, 2.24) is 9.88 Å². The number of carbonyl (C=O) groups excluding carboxylic acids is 1. The lowest BCUT2D eigenvalue weighted by Crippen LogP contribution is -2.56. The normalized spacial score (nSPS) is 20.1. The molecule has 1 fully saturated rings. The molecule has 172 valence electrons. The van der Waals surface area contributed by atoms with Crippen LogP contribution in [0.15, 0.2) is 18.3 Å². The Morgan fingerprint density at radius 1 is 1.32 bits per heavy atom. The van der Waals surface area contributed by atoms with Crippen LogP contribution in [0.1, 0.15) is 47.1 Å². The molecular formula is C23H37N3O4Si. The zero-order valence-electron chi connectivity index (χ0n) is 20.1. The minimum atomic E-state index is -1.97.